The number of benzene rings is 2. The van der Waals surface area contributed by atoms with Crippen molar-refractivity contribution in [3.05, 3.63) is 93.3 Å². The van der Waals surface area contributed by atoms with Crippen LogP contribution in [-0.4, -0.2) is 17.4 Å². The molecule has 0 aliphatic rings. The standard InChI is InChI=1S/C21H17ClN2OS/c22-18-8-3-1-6-14(18)16(13-24-21(25)20-10-5-11-26-20)17-12-23-19-9-4-2-7-15(17)19/h1-12,16,23H,13H2,(H,24,25). The van der Waals surface area contributed by atoms with Gasteiger partial charge in [-0.3, -0.25) is 4.79 Å². The number of hydrogen-bond donors (Lipinski definition) is 2. The average molecular weight is 381 g/mol. The number of rotatable bonds is 5. The topological polar surface area (TPSA) is 44.9 Å². The van der Waals surface area contributed by atoms with Crippen LogP contribution >= 0.6 is 22.9 Å². The minimum Gasteiger partial charge on any atom is -0.361 e. The fourth-order valence-electron chi connectivity index (χ4n) is 3.22. The van der Waals surface area contributed by atoms with E-state index >= 15 is 0 Å². The minimum atomic E-state index is -0.0584. The number of H-pyrrole nitrogens is 1. The molecule has 0 aliphatic heterocycles. The van der Waals surface area contributed by atoms with E-state index in [1.165, 1.54) is 11.3 Å². The summed E-state index contributed by atoms with van der Waals surface area (Å²) in [5.41, 5.74) is 3.20. The maximum Gasteiger partial charge on any atom is 0.261 e. The molecule has 0 saturated heterocycles. The van der Waals surface area contributed by atoms with Crippen molar-refractivity contribution in [2.45, 2.75) is 5.92 Å². The highest BCUT2D eigenvalue weighted by Crippen LogP contribution is 2.34. The lowest BCUT2D eigenvalue weighted by atomic mass is 9.90. The fraction of sp³-hybridized carbons (Fsp3) is 0.0952. The molecular weight excluding hydrogens is 364 g/mol. The highest BCUT2D eigenvalue weighted by atomic mass is 35.5. The number of nitrogens with one attached hydrogen (secondary N) is 2. The Morgan fingerprint density at radius 2 is 1.85 bits per heavy atom. The van der Waals surface area contributed by atoms with Crippen molar-refractivity contribution >= 4 is 39.7 Å². The Bertz CT molecular complexity index is 1040. The lowest BCUT2D eigenvalue weighted by molar-refractivity contribution is 0.0956. The normalized spacial score (nSPS) is 12.2. The SMILES string of the molecule is O=C(NCC(c1ccccc1Cl)c1c[nH]c2ccccc12)c1cccs1. The Balaban J connectivity index is 1.70. The van der Waals surface area contributed by atoms with Crippen molar-refractivity contribution in [1.29, 1.82) is 0 Å². The van der Waals surface area contributed by atoms with Crippen LogP contribution in [-0.2, 0) is 0 Å². The maximum absolute atomic E-state index is 12.4. The van der Waals surface area contributed by atoms with Gasteiger partial charge in [-0.15, -0.1) is 11.3 Å². The molecule has 1 unspecified atom stereocenters. The lowest BCUT2D eigenvalue weighted by Gasteiger charge is -2.19. The molecule has 0 spiro atoms. The summed E-state index contributed by atoms with van der Waals surface area (Å²) >= 11 is 7.92. The zero-order chi connectivity index (χ0) is 17.9. The number of fused-ring (bicyclic) bond motifs is 1. The van der Waals surface area contributed by atoms with Crippen LogP contribution in [0.5, 0.6) is 0 Å². The van der Waals surface area contributed by atoms with Gasteiger partial charge in [0.1, 0.15) is 0 Å². The smallest absolute Gasteiger partial charge is 0.261 e. The van der Waals surface area contributed by atoms with E-state index in [4.69, 9.17) is 11.6 Å². The third kappa shape index (κ3) is 3.26. The first-order valence-electron chi connectivity index (χ1n) is 8.36. The molecule has 0 radical (unpaired) electrons. The van der Waals surface area contributed by atoms with Crippen LogP contribution in [0.4, 0.5) is 0 Å². The molecule has 4 rings (SSSR count). The summed E-state index contributed by atoms with van der Waals surface area (Å²) in [5.74, 6) is -0.0966. The lowest BCUT2D eigenvalue weighted by Crippen LogP contribution is -2.28. The van der Waals surface area contributed by atoms with Crippen LogP contribution in [0, 0.1) is 0 Å². The Hall–Kier alpha value is -2.56. The highest BCUT2D eigenvalue weighted by Gasteiger charge is 2.21. The van der Waals surface area contributed by atoms with Gasteiger partial charge in [-0.25, -0.2) is 0 Å². The fourth-order valence-corrected chi connectivity index (χ4v) is 4.12. The molecule has 5 heteroatoms. The van der Waals surface area contributed by atoms with E-state index in [1.54, 1.807) is 0 Å². The van der Waals surface area contributed by atoms with E-state index in [9.17, 15) is 4.79 Å². The van der Waals surface area contributed by atoms with Crippen molar-refractivity contribution < 1.29 is 4.79 Å². The molecule has 0 fully saturated rings. The van der Waals surface area contributed by atoms with Crippen LogP contribution in [0.1, 0.15) is 26.7 Å². The Morgan fingerprint density at radius 1 is 1.04 bits per heavy atom. The molecule has 0 aliphatic carbocycles. The van der Waals surface area contributed by atoms with E-state index < -0.39 is 0 Å². The van der Waals surface area contributed by atoms with Crippen LogP contribution in [0.2, 0.25) is 5.02 Å². The number of amides is 1. The molecule has 2 N–H and O–H groups in total. The Morgan fingerprint density at radius 3 is 2.65 bits per heavy atom. The van der Waals surface area contributed by atoms with Gasteiger partial charge in [0.15, 0.2) is 0 Å². The number of hydrogen-bond acceptors (Lipinski definition) is 2. The summed E-state index contributed by atoms with van der Waals surface area (Å²) in [5, 5.41) is 6.81. The summed E-state index contributed by atoms with van der Waals surface area (Å²) in [6, 6.07) is 19.7. The first-order valence-corrected chi connectivity index (χ1v) is 9.62. The summed E-state index contributed by atoms with van der Waals surface area (Å²) in [4.78, 5) is 16.4. The van der Waals surface area contributed by atoms with Gasteiger partial charge < -0.3 is 10.3 Å². The third-order valence-electron chi connectivity index (χ3n) is 4.49. The van der Waals surface area contributed by atoms with Gasteiger partial charge in [-0.05, 0) is 34.7 Å². The van der Waals surface area contributed by atoms with Gasteiger partial charge in [-0.1, -0.05) is 54.1 Å². The molecule has 3 nitrogen and oxygen atoms in total. The Kier molecular flexibility index (Phi) is 4.78. The summed E-state index contributed by atoms with van der Waals surface area (Å²) in [6.07, 6.45) is 2.01. The van der Waals surface area contributed by atoms with E-state index in [0.717, 1.165) is 22.0 Å². The molecule has 130 valence electrons. The second kappa shape index (κ2) is 7.36. The average Bonchev–Trinajstić information content (AvgIpc) is 3.33. The molecular formula is C21H17ClN2OS. The maximum atomic E-state index is 12.4. The predicted octanol–water partition coefficient (Wildman–Crippen LogP) is 5.44. The number of thiophene rings is 1. The third-order valence-corrected chi connectivity index (χ3v) is 5.70. The predicted molar refractivity (Wildman–Crippen MR) is 108 cm³/mol. The van der Waals surface area contributed by atoms with Gasteiger partial charge in [0.2, 0.25) is 0 Å². The second-order valence-corrected chi connectivity index (χ2v) is 7.41. The highest BCUT2D eigenvalue weighted by molar-refractivity contribution is 7.12. The number of para-hydroxylation sites is 1. The second-order valence-electron chi connectivity index (χ2n) is 6.05. The molecule has 0 saturated carbocycles. The van der Waals surface area contributed by atoms with Crippen molar-refractivity contribution in [2.75, 3.05) is 6.54 Å². The van der Waals surface area contributed by atoms with E-state index in [2.05, 4.69) is 16.4 Å². The van der Waals surface area contributed by atoms with Crippen LogP contribution in [0.3, 0.4) is 0 Å². The summed E-state index contributed by atoms with van der Waals surface area (Å²) in [7, 11) is 0. The van der Waals surface area contributed by atoms with Gasteiger partial charge in [-0.2, -0.15) is 0 Å². The van der Waals surface area contributed by atoms with Gasteiger partial charge >= 0.3 is 0 Å². The van der Waals surface area contributed by atoms with Crippen molar-refractivity contribution in [1.82, 2.24) is 10.3 Å². The zero-order valence-electron chi connectivity index (χ0n) is 13.9. The first-order chi connectivity index (χ1) is 12.7. The van der Waals surface area contributed by atoms with Gasteiger partial charge in [0.05, 0.1) is 4.88 Å². The van der Waals surface area contributed by atoms with Crippen molar-refractivity contribution in [2.24, 2.45) is 0 Å². The number of halogens is 1. The van der Waals surface area contributed by atoms with Crippen molar-refractivity contribution in [3.8, 4) is 0 Å². The molecule has 2 aromatic carbocycles. The number of aromatic amines is 1. The van der Waals surface area contributed by atoms with E-state index in [0.29, 0.717) is 16.4 Å². The Labute approximate surface area is 160 Å². The summed E-state index contributed by atoms with van der Waals surface area (Å²) in [6.45, 7) is 0.475. The van der Waals surface area contributed by atoms with Crippen LogP contribution in [0.25, 0.3) is 10.9 Å². The molecule has 4 aromatic rings. The molecule has 1 amide bonds. The molecule has 1 atom stereocenters. The number of carbonyl (C=O) groups excluding carboxylic acids is 1. The monoisotopic (exact) mass is 380 g/mol. The largest absolute Gasteiger partial charge is 0.361 e. The summed E-state index contributed by atoms with van der Waals surface area (Å²) < 4.78 is 0. The minimum absolute atomic E-state index is 0.0382. The van der Waals surface area contributed by atoms with Gasteiger partial charge in [0, 0.05) is 34.6 Å². The quantitative estimate of drug-likeness (QED) is 0.475. The van der Waals surface area contributed by atoms with Crippen molar-refractivity contribution in [3.63, 3.8) is 0 Å². The molecule has 2 aromatic heterocycles. The molecule has 0 bridgehead atoms. The zero-order valence-corrected chi connectivity index (χ0v) is 15.5. The molecule has 2 heterocycles. The van der Waals surface area contributed by atoms with Crippen LogP contribution in [0.15, 0.2) is 72.2 Å². The van der Waals surface area contributed by atoms with E-state index in [-0.39, 0.29) is 11.8 Å². The molecule has 26 heavy (non-hydrogen) atoms. The number of carbonyl (C=O) groups is 1. The van der Waals surface area contributed by atoms with Crippen LogP contribution < -0.4 is 5.32 Å². The first kappa shape index (κ1) is 16.9. The van der Waals surface area contributed by atoms with Gasteiger partial charge in [0.25, 0.3) is 5.91 Å². The van der Waals surface area contributed by atoms with E-state index in [1.807, 2.05) is 66.2 Å². The number of aromatic nitrogens is 1.